The number of pyridine rings is 1. The molecule has 2 aromatic heterocycles. The van der Waals surface area contributed by atoms with Gasteiger partial charge in [-0.3, -0.25) is 4.79 Å². The molecule has 0 bridgehead atoms. The van der Waals surface area contributed by atoms with Gasteiger partial charge in [-0.25, -0.2) is 4.98 Å². The average Bonchev–Trinajstić information content (AvgIpc) is 3.04. The topological polar surface area (TPSA) is 77.2 Å². The molecule has 0 unspecified atom stereocenters. The van der Waals surface area contributed by atoms with Gasteiger partial charge in [-0.1, -0.05) is 29.8 Å². The molecule has 0 aliphatic carbocycles. The number of rotatable bonds is 4. The molecule has 2 aromatic carbocycles. The molecular weight excluding hydrogens is 394 g/mol. The minimum Gasteiger partial charge on any atom is -0.497 e. The molecule has 2 heterocycles. The summed E-state index contributed by atoms with van der Waals surface area (Å²) in [6.45, 7) is 0. The van der Waals surface area contributed by atoms with Crippen LogP contribution in [0.15, 0.2) is 60.7 Å². The smallest absolute Gasteiger partial charge is 0.267 e. The molecular formula is C21H16ClN3O2S. The van der Waals surface area contributed by atoms with Crippen molar-refractivity contribution in [3.05, 3.63) is 70.6 Å². The van der Waals surface area contributed by atoms with Crippen LogP contribution < -0.4 is 15.8 Å². The summed E-state index contributed by atoms with van der Waals surface area (Å²) >= 11 is 7.24. The summed E-state index contributed by atoms with van der Waals surface area (Å²) in [5.74, 6) is 0.470. The summed E-state index contributed by atoms with van der Waals surface area (Å²) in [5.41, 5.74) is 8.97. The van der Waals surface area contributed by atoms with Gasteiger partial charge in [0.25, 0.3) is 5.91 Å². The van der Waals surface area contributed by atoms with Crippen molar-refractivity contribution in [1.29, 1.82) is 0 Å². The molecule has 0 saturated heterocycles. The van der Waals surface area contributed by atoms with Gasteiger partial charge < -0.3 is 15.8 Å². The van der Waals surface area contributed by atoms with E-state index >= 15 is 0 Å². The zero-order valence-corrected chi connectivity index (χ0v) is 16.5. The third-order valence-electron chi connectivity index (χ3n) is 4.25. The molecule has 0 aliphatic rings. The third kappa shape index (κ3) is 3.52. The summed E-state index contributed by atoms with van der Waals surface area (Å²) in [6.07, 6.45) is 0. The number of nitrogens with two attached hydrogens (primary N) is 1. The van der Waals surface area contributed by atoms with Gasteiger partial charge in [-0.2, -0.15) is 0 Å². The van der Waals surface area contributed by atoms with Crippen LogP contribution in [0.1, 0.15) is 9.67 Å². The van der Waals surface area contributed by atoms with Crippen LogP contribution >= 0.6 is 22.9 Å². The highest BCUT2D eigenvalue weighted by Crippen LogP contribution is 2.35. The Kier molecular flexibility index (Phi) is 4.90. The first-order valence-electron chi connectivity index (χ1n) is 8.45. The summed E-state index contributed by atoms with van der Waals surface area (Å²) in [6, 6.07) is 18.4. The fourth-order valence-corrected chi connectivity index (χ4v) is 4.04. The molecule has 0 radical (unpaired) electrons. The maximum absolute atomic E-state index is 12.7. The highest BCUT2D eigenvalue weighted by molar-refractivity contribution is 7.21. The normalized spacial score (nSPS) is 10.8. The van der Waals surface area contributed by atoms with Crippen LogP contribution in [0.5, 0.6) is 5.75 Å². The number of nitrogens with one attached hydrogen (secondary N) is 1. The van der Waals surface area contributed by atoms with Gasteiger partial charge in [0.2, 0.25) is 0 Å². The van der Waals surface area contributed by atoms with E-state index in [9.17, 15) is 4.79 Å². The first kappa shape index (κ1) is 18.3. The van der Waals surface area contributed by atoms with Crippen molar-refractivity contribution >= 4 is 50.4 Å². The minimum absolute atomic E-state index is 0.286. The molecule has 7 heteroatoms. The first-order valence-corrected chi connectivity index (χ1v) is 9.65. The number of fused-ring (bicyclic) bond motifs is 1. The zero-order chi connectivity index (χ0) is 19.7. The molecule has 4 aromatic rings. The largest absolute Gasteiger partial charge is 0.497 e. The number of anilines is 2. The van der Waals surface area contributed by atoms with Crippen molar-refractivity contribution in [2.45, 2.75) is 0 Å². The number of thiophene rings is 1. The maximum Gasteiger partial charge on any atom is 0.267 e. The van der Waals surface area contributed by atoms with Crippen molar-refractivity contribution in [2.75, 3.05) is 18.2 Å². The number of nitrogens with zero attached hydrogens (tertiary/aromatic N) is 1. The van der Waals surface area contributed by atoms with E-state index in [1.54, 1.807) is 31.4 Å². The number of carbonyl (C=O) groups excluding carboxylic acids is 1. The van der Waals surface area contributed by atoms with E-state index in [1.165, 1.54) is 11.3 Å². The first-order chi connectivity index (χ1) is 13.5. The quantitative estimate of drug-likeness (QED) is 0.469. The Labute approximate surface area is 170 Å². The lowest BCUT2D eigenvalue weighted by atomic mass is 10.1. The Balaban J connectivity index is 1.69. The Morgan fingerprint density at radius 1 is 1.14 bits per heavy atom. The Bertz CT molecular complexity index is 1190. The van der Waals surface area contributed by atoms with E-state index in [0.717, 1.165) is 22.4 Å². The fraction of sp³-hybridized carbons (Fsp3) is 0.0476. The Hall–Kier alpha value is -3.09. The van der Waals surface area contributed by atoms with Gasteiger partial charge in [0, 0.05) is 21.7 Å². The number of nitrogen functional groups attached to an aromatic ring is 1. The maximum atomic E-state index is 12.7. The van der Waals surface area contributed by atoms with E-state index < -0.39 is 0 Å². The summed E-state index contributed by atoms with van der Waals surface area (Å²) < 4.78 is 5.28. The lowest BCUT2D eigenvalue weighted by molar-refractivity contribution is 0.103. The number of hydrogen-bond donors (Lipinski definition) is 2. The minimum atomic E-state index is -0.286. The molecule has 0 aliphatic heterocycles. The molecule has 140 valence electrons. The van der Waals surface area contributed by atoms with Gasteiger partial charge in [-0.05, 0) is 42.5 Å². The monoisotopic (exact) mass is 409 g/mol. The number of halogens is 1. The van der Waals surface area contributed by atoms with Crippen LogP contribution in [0.25, 0.3) is 21.5 Å². The van der Waals surface area contributed by atoms with Crippen molar-refractivity contribution < 1.29 is 9.53 Å². The van der Waals surface area contributed by atoms with E-state index in [4.69, 9.17) is 22.1 Å². The molecule has 0 fully saturated rings. The lowest BCUT2D eigenvalue weighted by Gasteiger charge is -2.04. The molecule has 3 N–H and O–H groups in total. The predicted octanol–water partition coefficient (Wildman–Crippen LogP) is 5.46. The number of carbonyl (C=O) groups is 1. The highest BCUT2D eigenvalue weighted by atomic mass is 35.5. The van der Waals surface area contributed by atoms with Crippen LogP contribution in [0, 0.1) is 0 Å². The van der Waals surface area contributed by atoms with Crippen molar-refractivity contribution in [2.24, 2.45) is 0 Å². The van der Waals surface area contributed by atoms with Gasteiger partial charge in [0.15, 0.2) is 0 Å². The summed E-state index contributed by atoms with van der Waals surface area (Å²) in [4.78, 5) is 18.5. The second-order valence-corrected chi connectivity index (χ2v) is 7.53. The van der Waals surface area contributed by atoms with Crippen LogP contribution in [0.2, 0.25) is 5.02 Å². The molecule has 0 spiro atoms. The molecule has 4 rings (SSSR count). The molecule has 1 amide bonds. The van der Waals surface area contributed by atoms with E-state index in [-0.39, 0.29) is 5.91 Å². The SMILES string of the molecule is COc1cccc(-c2ccc3c(N)c(C(=O)Nc4cccc(Cl)c4)sc3n2)c1. The van der Waals surface area contributed by atoms with E-state index in [2.05, 4.69) is 10.3 Å². The van der Waals surface area contributed by atoms with E-state index in [1.807, 2.05) is 36.4 Å². The van der Waals surface area contributed by atoms with Crippen LogP contribution in [0.4, 0.5) is 11.4 Å². The summed E-state index contributed by atoms with van der Waals surface area (Å²) in [7, 11) is 1.63. The number of hydrogen-bond acceptors (Lipinski definition) is 5. The lowest BCUT2D eigenvalue weighted by Crippen LogP contribution is -2.11. The molecule has 5 nitrogen and oxygen atoms in total. The molecule has 28 heavy (non-hydrogen) atoms. The number of aromatic nitrogens is 1. The number of ether oxygens (including phenoxy) is 1. The molecule has 0 saturated carbocycles. The zero-order valence-electron chi connectivity index (χ0n) is 14.9. The number of methoxy groups -OCH3 is 1. The number of benzene rings is 2. The Morgan fingerprint density at radius 3 is 2.75 bits per heavy atom. The standard InChI is InChI=1S/C21H16ClN3O2S/c1-27-15-7-2-4-12(10-15)17-9-8-16-18(23)19(28-21(16)25-17)20(26)24-14-6-3-5-13(22)11-14/h2-11H,23H2,1H3,(H,24,26). The second-order valence-electron chi connectivity index (χ2n) is 6.09. The van der Waals surface area contributed by atoms with Crippen LogP contribution in [-0.2, 0) is 0 Å². The Morgan fingerprint density at radius 2 is 1.96 bits per heavy atom. The van der Waals surface area contributed by atoms with Gasteiger partial charge in [-0.15, -0.1) is 11.3 Å². The summed E-state index contributed by atoms with van der Waals surface area (Å²) in [5, 5.41) is 4.13. The van der Waals surface area contributed by atoms with Crippen molar-refractivity contribution in [3.63, 3.8) is 0 Å². The third-order valence-corrected chi connectivity index (χ3v) is 5.60. The van der Waals surface area contributed by atoms with Crippen molar-refractivity contribution in [1.82, 2.24) is 4.98 Å². The van der Waals surface area contributed by atoms with Crippen LogP contribution in [-0.4, -0.2) is 18.0 Å². The van der Waals surface area contributed by atoms with Gasteiger partial charge in [0.1, 0.15) is 15.5 Å². The van der Waals surface area contributed by atoms with E-state index in [0.29, 0.717) is 26.1 Å². The van der Waals surface area contributed by atoms with Crippen molar-refractivity contribution in [3.8, 4) is 17.0 Å². The van der Waals surface area contributed by atoms with Gasteiger partial charge >= 0.3 is 0 Å². The fourth-order valence-electron chi connectivity index (χ4n) is 2.86. The van der Waals surface area contributed by atoms with Gasteiger partial charge in [0.05, 0.1) is 18.5 Å². The molecule has 0 atom stereocenters. The predicted molar refractivity (Wildman–Crippen MR) is 115 cm³/mol. The second kappa shape index (κ2) is 7.50. The average molecular weight is 410 g/mol. The van der Waals surface area contributed by atoms with Crippen LogP contribution in [0.3, 0.4) is 0 Å². The highest BCUT2D eigenvalue weighted by Gasteiger charge is 2.18. The number of amides is 1.